The van der Waals surface area contributed by atoms with Gasteiger partial charge in [0.2, 0.25) is 11.8 Å². The molecule has 7 heteroatoms. The number of methoxy groups -OCH3 is 1. The van der Waals surface area contributed by atoms with Crippen molar-refractivity contribution in [3.05, 3.63) is 0 Å². The second-order valence-electron chi connectivity index (χ2n) is 4.87. The molecule has 0 spiro atoms. The van der Waals surface area contributed by atoms with E-state index in [2.05, 4.69) is 10.6 Å². The maximum Gasteiger partial charge on any atom is 0.307 e. The number of amides is 2. The summed E-state index contributed by atoms with van der Waals surface area (Å²) in [5.74, 6) is -2.40. The van der Waals surface area contributed by atoms with Crippen LogP contribution in [0.15, 0.2) is 0 Å². The maximum absolute atomic E-state index is 11.9. The van der Waals surface area contributed by atoms with Crippen LogP contribution in [0.3, 0.4) is 0 Å². The molecule has 2 atom stereocenters. The summed E-state index contributed by atoms with van der Waals surface area (Å²) >= 11 is 0. The van der Waals surface area contributed by atoms with Gasteiger partial charge in [-0.1, -0.05) is 6.42 Å². The molecular weight excluding hydrogens is 264 g/mol. The monoisotopic (exact) mass is 286 g/mol. The van der Waals surface area contributed by atoms with Crippen molar-refractivity contribution in [1.29, 1.82) is 0 Å². The van der Waals surface area contributed by atoms with Crippen LogP contribution in [0.25, 0.3) is 0 Å². The number of carbonyl (C=O) groups excluding carboxylic acids is 2. The number of carboxylic acids is 1. The zero-order valence-electron chi connectivity index (χ0n) is 11.7. The average Bonchev–Trinajstić information content (AvgIpc) is 2.88. The van der Waals surface area contributed by atoms with Gasteiger partial charge in [0.25, 0.3) is 0 Å². The van der Waals surface area contributed by atoms with Crippen LogP contribution >= 0.6 is 0 Å². The van der Waals surface area contributed by atoms with Gasteiger partial charge in [-0.15, -0.1) is 0 Å². The minimum absolute atomic E-state index is 0.163. The molecule has 1 aliphatic carbocycles. The highest BCUT2D eigenvalue weighted by atomic mass is 16.5. The fourth-order valence-electron chi connectivity index (χ4n) is 2.38. The molecule has 1 rings (SSSR count). The second-order valence-corrected chi connectivity index (χ2v) is 4.87. The normalized spacial score (nSPS) is 21.4. The zero-order valence-corrected chi connectivity index (χ0v) is 11.7. The first-order chi connectivity index (χ1) is 9.56. The van der Waals surface area contributed by atoms with E-state index in [9.17, 15) is 14.4 Å². The summed E-state index contributed by atoms with van der Waals surface area (Å²) in [4.78, 5) is 34.2. The molecule has 1 aliphatic rings. The molecule has 0 aromatic carbocycles. The van der Waals surface area contributed by atoms with Crippen LogP contribution in [0.1, 0.15) is 25.7 Å². The third kappa shape index (κ3) is 5.16. The van der Waals surface area contributed by atoms with E-state index in [1.807, 2.05) is 0 Å². The van der Waals surface area contributed by atoms with Gasteiger partial charge in [-0.2, -0.15) is 0 Å². The summed E-state index contributed by atoms with van der Waals surface area (Å²) in [6, 6.07) is 0. The molecule has 0 heterocycles. The summed E-state index contributed by atoms with van der Waals surface area (Å²) in [5.41, 5.74) is 0. The lowest BCUT2D eigenvalue weighted by molar-refractivity contribution is -0.146. The molecule has 20 heavy (non-hydrogen) atoms. The van der Waals surface area contributed by atoms with Crippen LogP contribution in [0, 0.1) is 11.8 Å². The van der Waals surface area contributed by atoms with E-state index in [4.69, 9.17) is 9.84 Å². The fourth-order valence-corrected chi connectivity index (χ4v) is 2.38. The number of hydrogen-bond acceptors (Lipinski definition) is 4. The second kappa shape index (κ2) is 8.52. The van der Waals surface area contributed by atoms with E-state index in [0.29, 0.717) is 26.0 Å². The molecule has 2 amide bonds. The first-order valence-electron chi connectivity index (χ1n) is 6.82. The van der Waals surface area contributed by atoms with Gasteiger partial charge in [-0.3, -0.25) is 14.4 Å². The van der Waals surface area contributed by atoms with Gasteiger partial charge in [-0.05, 0) is 12.8 Å². The molecule has 0 aliphatic heterocycles. The zero-order chi connectivity index (χ0) is 15.0. The van der Waals surface area contributed by atoms with Gasteiger partial charge in [0, 0.05) is 26.6 Å². The van der Waals surface area contributed by atoms with Crippen LogP contribution < -0.4 is 10.6 Å². The molecule has 2 unspecified atom stereocenters. The van der Waals surface area contributed by atoms with Crippen molar-refractivity contribution in [2.45, 2.75) is 25.7 Å². The Hall–Kier alpha value is -1.63. The van der Waals surface area contributed by atoms with E-state index in [1.165, 1.54) is 0 Å². The van der Waals surface area contributed by atoms with E-state index in [-0.39, 0.29) is 24.8 Å². The quantitative estimate of drug-likeness (QED) is 0.534. The highest BCUT2D eigenvalue weighted by molar-refractivity contribution is 5.85. The van der Waals surface area contributed by atoms with Crippen molar-refractivity contribution in [2.24, 2.45) is 11.8 Å². The SMILES string of the molecule is COCCNC(=O)CCNC(=O)C1CCCC1C(=O)O. The smallest absolute Gasteiger partial charge is 0.307 e. The van der Waals surface area contributed by atoms with Crippen molar-refractivity contribution < 1.29 is 24.2 Å². The summed E-state index contributed by atoms with van der Waals surface area (Å²) < 4.78 is 4.80. The van der Waals surface area contributed by atoms with Gasteiger partial charge in [0.15, 0.2) is 0 Å². The van der Waals surface area contributed by atoms with Gasteiger partial charge in [0.1, 0.15) is 0 Å². The fraction of sp³-hybridized carbons (Fsp3) is 0.769. The van der Waals surface area contributed by atoms with Gasteiger partial charge in [-0.25, -0.2) is 0 Å². The van der Waals surface area contributed by atoms with Crippen molar-refractivity contribution in [3.63, 3.8) is 0 Å². The number of rotatable bonds is 8. The van der Waals surface area contributed by atoms with E-state index in [0.717, 1.165) is 6.42 Å². The van der Waals surface area contributed by atoms with Crippen LogP contribution in [0.5, 0.6) is 0 Å². The standard InChI is InChI=1S/C13H22N2O5/c1-20-8-7-14-11(16)5-6-15-12(17)9-3-2-4-10(9)13(18)19/h9-10H,2-8H2,1H3,(H,14,16)(H,15,17)(H,18,19). The predicted octanol–water partition coefficient (Wildman–Crippen LogP) is -0.244. The van der Waals surface area contributed by atoms with Crippen molar-refractivity contribution in [2.75, 3.05) is 26.8 Å². The Morgan fingerprint density at radius 3 is 2.50 bits per heavy atom. The van der Waals surface area contributed by atoms with Crippen molar-refractivity contribution in [3.8, 4) is 0 Å². The summed E-state index contributed by atoms with van der Waals surface area (Å²) in [5, 5.41) is 14.3. The summed E-state index contributed by atoms with van der Waals surface area (Å²) in [6.07, 6.45) is 2.08. The Morgan fingerprint density at radius 2 is 1.85 bits per heavy atom. The van der Waals surface area contributed by atoms with Crippen molar-refractivity contribution in [1.82, 2.24) is 10.6 Å². The molecule has 114 valence electrons. The number of nitrogens with one attached hydrogen (secondary N) is 2. The Balaban J connectivity index is 2.23. The maximum atomic E-state index is 11.9. The lowest BCUT2D eigenvalue weighted by Crippen LogP contribution is -2.37. The lowest BCUT2D eigenvalue weighted by atomic mass is 9.95. The Labute approximate surface area is 118 Å². The van der Waals surface area contributed by atoms with E-state index in [1.54, 1.807) is 7.11 Å². The molecule has 1 saturated carbocycles. The van der Waals surface area contributed by atoms with E-state index >= 15 is 0 Å². The lowest BCUT2D eigenvalue weighted by Gasteiger charge is -2.15. The van der Waals surface area contributed by atoms with Gasteiger partial charge in [0.05, 0.1) is 18.4 Å². The van der Waals surface area contributed by atoms with Crippen LogP contribution in [0.2, 0.25) is 0 Å². The van der Waals surface area contributed by atoms with Crippen LogP contribution in [0.4, 0.5) is 0 Å². The van der Waals surface area contributed by atoms with Crippen LogP contribution in [-0.2, 0) is 19.1 Å². The number of ether oxygens (including phenoxy) is 1. The van der Waals surface area contributed by atoms with Gasteiger partial charge < -0.3 is 20.5 Å². The third-order valence-electron chi connectivity index (χ3n) is 3.45. The number of hydrogen-bond donors (Lipinski definition) is 3. The molecule has 0 aromatic rings. The summed E-state index contributed by atoms with van der Waals surface area (Å²) in [7, 11) is 1.55. The Kier molecular flexibility index (Phi) is 7.00. The number of carboxylic acid groups (broad SMARTS) is 1. The molecule has 0 saturated heterocycles. The minimum Gasteiger partial charge on any atom is -0.481 e. The number of aliphatic carboxylic acids is 1. The highest BCUT2D eigenvalue weighted by Gasteiger charge is 2.37. The molecular formula is C13H22N2O5. The molecule has 0 aromatic heterocycles. The average molecular weight is 286 g/mol. The van der Waals surface area contributed by atoms with Crippen LogP contribution in [-0.4, -0.2) is 49.7 Å². The first-order valence-corrected chi connectivity index (χ1v) is 6.82. The predicted molar refractivity (Wildman–Crippen MR) is 71.0 cm³/mol. The highest BCUT2D eigenvalue weighted by Crippen LogP contribution is 2.31. The molecule has 7 nitrogen and oxygen atoms in total. The van der Waals surface area contributed by atoms with E-state index < -0.39 is 17.8 Å². The largest absolute Gasteiger partial charge is 0.481 e. The molecule has 0 radical (unpaired) electrons. The molecule has 3 N–H and O–H groups in total. The number of carbonyl (C=O) groups is 3. The first kappa shape index (κ1) is 16.4. The van der Waals surface area contributed by atoms with Crippen molar-refractivity contribution >= 4 is 17.8 Å². The Bertz CT molecular complexity index is 359. The Morgan fingerprint density at radius 1 is 1.15 bits per heavy atom. The molecule has 0 bridgehead atoms. The summed E-state index contributed by atoms with van der Waals surface area (Å²) in [6.45, 7) is 1.11. The minimum atomic E-state index is -0.917. The topological polar surface area (TPSA) is 105 Å². The molecule has 1 fully saturated rings. The van der Waals surface area contributed by atoms with Gasteiger partial charge >= 0.3 is 5.97 Å². The third-order valence-corrected chi connectivity index (χ3v) is 3.45.